The summed E-state index contributed by atoms with van der Waals surface area (Å²) in [6.07, 6.45) is -3.01. The van der Waals surface area contributed by atoms with E-state index in [9.17, 15) is 18.0 Å². The summed E-state index contributed by atoms with van der Waals surface area (Å²) in [6.45, 7) is 5.49. The number of halogens is 3. The van der Waals surface area contributed by atoms with Crippen molar-refractivity contribution in [1.82, 2.24) is 9.97 Å². The minimum Gasteiger partial charge on any atom is -0.497 e. The number of anilines is 6. The fourth-order valence-corrected chi connectivity index (χ4v) is 5.86. The largest absolute Gasteiger partial charge is 0.497 e. The number of amides is 2. The number of alkyl halides is 3. The molecule has 0 saturated carbocycles. The number of urea groups is 1. The molecule has 2 aliphatic rings. The molecule has 3 aromatic carbocycles. The summed E-state index contributed by atoms with van der Waals surface area (Å²) in [6, 6.07) is 14.5. The molecule has 0 bridgehead atoms. The molecule has 0 radical (unpaired) electrons. The van der Waals surface area contributed by atoms with Gasteiger partial charge in [0, 0.05) is 42.3 Å². The number of hydrogen-bond donors (Lipinski definition) is 1. The van der Waals surface area contributed by atoms with Crippen molar-refractivity contribution < 1.29 is 32.2 Å². The van der Waals surface area contributed by atoms with E-state index in [4.69, 9.17) is 14.2 Å². The highest BCUT2D eigenvalue weighted by atomic mass is 19.4. The number of nitrogens with one attached hydrogen (secondary N) is 1. The fraction of sp³-hybridized carbons (Fsp3) is 0.303. The molecule has 0 unspecified atom stereocenters. The van der Waals surface area contributed by atoms with Crippen molar-refractivity contribution in [1.29, 1.82) is 0 Å². The summed E-state index contributed by atoms with van der Waals surface area (Å²) >= 11 is 0. The maximum absolute atomic E-state index is 14.4. The van der Waals surface area contributed by atoms with Crippen LogP contribution in [0.3, 0.4) is 0 Å². The molecule has 0 spiro atoms. The molecule has 1 fully saturated rings. The van der Waals surface area contributed by atoms with Crippen molar-refractivity contribution >= 4 is 40.5 Å². The molecule has 2 amide bonds. The third kappa shape index (κ3) is 5.85. The first-order valence-electron chi connectivity index (χ1n) is 14.7. The molecule has 0 atom stereocenters. The number of hydrogen-bond acceptors (Lipinski definition) is 8. The van der Waals surface area contributed by atoms with Gasteiger partial charge in [-0.3, -0.25) is 4.90 Å². The van der Waals surface area contributed by atoms with Crippen LogP contribution in [0.25, 0.3) is 0 Å². The molecule has 4 aromatic rings. The van der Waals surface area contributed by atoms with Gasteiger partial charge in [0.15, 0.2) is 5.82 Å². The monoisotopic (exact) mass is 634 g/mol. The van der Waals surface area contributed by atoms with Crippen LogP contribution in [0, 0.1) is 13.8 Å². The predicted molar refractivity (Wildman–Crippen MR) is 169 cm³/mol. The number of morpholine rings is 1. The average molecular weight is 635 g/mol. The molecule has 13 heteroatoms. The van der Waals surface area contributed by atoms with E-state index in [1.807, 2.05) is 32.0 Å². The first-order valence-corrected chi connectivity index (χ1v) is 14.7. The molecule has 240 valence electrons. The smallest absolute Gasteiger partial charge is 0.418 e. The highest BCUT2D eigenvalue weighted by Gasteiger charge is 2.38. The lowest BCUT2D eigenvalue weighted by Crippen LogP contribution is -2.46. The van der Waals surface area contributed by atoms with Crippen LogP contribution in [-0.2, 0) is 17.5 Å². The van der Waals surface area contributed by atoms with Crippen molar-refractivity contribution in [2.24, 2.45) is 0 Å². The lowest BCUT2D eigenvalue weighted by Gasteiger charge is -2.37. The van der Waals surface area contributed by atoms with Crippen molar-refractivity contribution in [3.05, 3.63) is 83.0 Å². The Hall–Kier alpha value is -5.04. The normalized spacial score (nSPS) is 15.1. The van der Waals surface area contributed by atoms with Crippen molar-refractivity contribution in [2.75, 3.05) is 60.5 Å². The zero-order chi connectivity index (χ0) is 32.6. The number of carbonyl (C=O) groups excluding carboxylic acids is 1. The Morgan fingerprint density at radius 1 is 0.935 bits per heavy atom. The molecule has 6 rings (SSSR count). The molecule has 2 aliphatic heterocycles. The van der Waals surface area contributed by atoms with E-state index in [0.29, 0.717) is 49.1 Å². The van der Waals surface area contributed by atoms with Gasteiger partial charge in [-0.05, 0) is 55.3 Å². The second-order valence-corrected chi connectivity index (χ2v) is 11.0. The summed E-state index contributed by atoms with van der Waals surface area (Å²) in [5, 5.41) is 2.92. The standard InChI is InChI=1S/C33H33F3N6O4/c1-20-6-5-7-21(2)29(20)41-19-22-18-37-31(39-30(22)42(32(41)43)27-11-9-24(44-3)17-28(27)45-4)38-23-8-10-26(25(16-23)33(34,35)36)40-12-14-46-15-13-40/h5-11,16-18H,12-15,19H2,1-4H3,(H,37,38,39). The zero-order valence-electron chi connectivity index (χ0n) is 25.8. The van der Waals surface area contributed by atoms with E-state index in [1.165, 1.54) is 25.2 Å². The fourth-order valence-electron chi connectivity index (χ4n) is 5.86. The van der Waals surface area contributed by atoms with E-state index >= 15 is 0 Å². The first kappa shape index (κ1) is 31.0. The van der Waals surface area contributed by atoms with Crippen LogP contribution in [0.4, 0.5) is 52.5 Å². The summed E-state index contributed by atoms with van der Waals surface area (Å²) in [5.74, 6) is 1.19. The van der Waals surface area contributed by atoms with Gasteiger partial charge in [0.25, 0.3) is 0 Å². The molecule has 46 heavy (non-hydrogen) atoms. The number of ether oxygens (including phenoxy) is 3. The maximum Gasteiger partial charge on any atom is 0.418 e. The maximum atomic E-state index is 14.4. The van der Waals surface area contributed by atoms with E-state index in [2.05, 4.69) is 15.3 Å². The van der Waals surface area contributed by atoms with Gasteiger partial charge in [-0.25, -0.2) is 14.7 Å². The van der Waals surface area contributed by atoms with Gasteiger partial charge in [0.1, 0.15) is 11.5 Å². The molecule has 10 nitrogen and oxygen atoms in total. The lowest BCUT2D eigenvalue weighted by atomic mass is 10.1. The Morgan fingerprint density at radius 3 is 2.33 bits per heavy atom. The Morgan fingerprint density at radius 2 is 1.65 bits per heavy atom. The number of methoxy groups -OCH3 is 2. The van der Waals surface area contributed by atoms with Gasteiger partial charge in [-0.15, -0.1) is 0 Å². The first-order chi connectivity index (χ1) is 22.1. The highest BCUT2D eigenvalue weighted by molar-refractivity contribution is 6.11. The van der Waals surface area contributed by atoms with Crippen LogP contribution >= 0.6 is 0 Å². The second kappa shape index (κ2) is 12.4. The Bertz CT molecular complexity index is 1760. The number of carbonyl (C=O) groups is 1. The summed E-state index contributed by atoms with van der Waals surface area (Å²) in [4.78, 5) is 28.2. The highest BCUT2D eigenvalue weighted by Crippen LogP contribution is 2.43. The van der Waals surface area contributed by atoms with Crippen LogP contribution in [0.1, 0.15) is 22.3 Å². The second-order valence-electron chi connectivity index (χ2n) is 11.0. The summed E-state index contributed by atoms with van der Waals surface area (Å²) < 4.78 is 58.9. The van der Waals surface area contributed by atoms with Crippen LogP contribution in [-0.4, -0.2) is 56.5 Å². The SMILES string of the molecule is COc1ccc(N2C(=O)N(c3c(C)cccc3C)Cc3cnc(Nc4ccc(N5CCOCC5)c(C(F)(F)F)c4)nc32)c(OC)c1. The Labute approximate surface area is 264 Å². The number of rotatable bonds is 7. The molecule has 0 aliphatic carbocycles. The number of benzene rings is 3. The Kier molecular flexibility index (Phi) is 8.34. The lowest BCUT2D eigenvalue weighted by molar-refractivity contribution is -0.137. The topological polar surface area (TPSA) is 92.3 Å². The predicted octanol–water partition coefficient (Wildman–Crippen LogP) is 6.99. The molecule has 3 heterocycles. The number of para-hydroxylation sites is 1. The zero-order valence-corrected chi connectivity index (χ0v) is 25.8. The third-order valence-corrected chi connectivity index (χ3v) is 8.05. The average Bonchev–Trinajstić information content (AvgIpc) is 3.05. The van der Waals surface area contributed by atoms with Crippen LogP contribution in [0.5, 0.6) is 11.5 Å². The quantitative estimate of drug-likeness (QED) is 0.233. The van der Waals surface area contributed by atoms with Gasteiger partial charge in [0.2, 0.25) is 5.95 Å². The van der Waals surface area contributed by atoms with Crippen LogP contribution in [0.2, 0.25) is 0 Å². The molecular weight excluding hydrogens is 601 g/mol. The number of fused-ring (bicyclic) bond motifs is 1. The minimum atomic E-state index is -4.59. The van der Waals surface area contributed by atoms with Crippen LogP contribution < -0.4 is 29.5 Å². The van der Waals surface area contributed by atoms with Crippen molar-refractivity contribution in [3.63, 3.8) is 0 Å². The van der Waals surface area contributed by atoms with Crippen molar-refractivity contribution in [2.45, 2.75) is 26.6 Å². The van der Waals surface area contributed by atoms with Gasteiger partial charge in [-0.2, -0.15) is 18.2 Å². The van der Waals surface area contributed by atoms with Gasteiger partial charge in [-0.1, -0.05) is 18.2 Å². The number of aryl methyl sites for hydroxylation is 2. The molecule has 1 N–H and O–H groups in total. The third-order valence-electron chi connectivity index (χ3n) is 8.05. The number of aromatic nitrogens is 2. The van der Waals surface area contributed by atoms with E-state index in [0.717, 1.165) is 22.9 Å². The molecular formula is C33H33F3N6O4. The Balaban J connectivity index is 1.42. The van der Waals surface area contributed by atoms with Crippen LogP contribution in [0.15, 0.2) is 60.8 Å². The number of nitrogens with zero attached hydrogens (tertiary/aromatic N) is 5. The van der Waals surface area contributed by atoms with Gasteiger partial charge >= 0.3 is 12.2 Å². The van der Waals surface area contributed by atoms with Gasteiger partial charge in [0.05, 0.1) is 50.9 Å². The van der Waals surface area contributed by atoms with E-state index < -0.39 is 11.7 Å². The van der Waals surface area contributed by atoms with E-state index in [1.54, 1.807) is 40.3 Å². The summed E-state index contributed by atoms with van der Waals surface area (Å²) in [7, 11) is 3.02. The molecule has 1 aromatic heterocycles. The minimum absolute atomic E-state index is 0.0248. The van der Waals surface area contributed by atoms with Gasteiger partial charge < -0.3 is 24.4 Å². The van der Waals surface area contributed by atoms with E-state index in [-0.39, 0.29) is 35.7 Å². The molecule has 1 saturated heterocycles. The summed E-state index contributed by atoms with van der Waals surface area (Å²) in [5.41, 5.74) is 3.09. The van der Waals surface area contributed by atoms with Crippen molar-refractivity contribution in [3.8, 4) is 11.5 Å².